The zero-order chi connectivity index (χ0) is 11.4. The van der Waals surface area contributed by atoms with Crippen LogP contribution in [0.25, 0.3) is 5.69 Å². The Morgan fingerprint density at radius 3 is 3.00 bits per heavy atom. The molecule has 82 valence electrons. The first-order valence-corrected chi connectivity index (χ1v) is 6.04. The van der Waals surface area contributed by atoms with Crippen molar-refractivity contribution in [1.82, 2.24) is 9.55 Å². The summed E-state index contributed by atoms with van der Waals surface area (Å²) in [5.74, 6) is 0.837. The van der Waals surface area contributed by atoms with Crippen molar-refractivity contribution in [3.05, 3.63) is 52.9 Å². The molecule has 1 heterocycles. The molecule has 0 spiro atoms. The molecule has 2 aromatic rings. The van der Waals surface area contributed by atoms with Crippen LogP contribution >= 0.6 is 22.6 Å². The first-order valence-electron chi connectivity index (χ1n) is 4.96. The van der Waals surface area contributed by atoms with Crippen molar-refractivity contribution in [3.63, 3.8) is 0 Å². The van der Waals surface area contributed by atoms with Gasteiger partial charge >= 0.3 is 0 Å². The molecule has 0 saturated carbocycles. The molecule has 0 bridgehead atoms. The number of hydrogen-bond acceptors (Lipinski definition) is 2. The van der Waals surface area contributed by atoms with Crippen LogP contribution in [0, 0.1) is 3.57 Å². The normalized spacial score (nSPS) is 10.1. The van der Waals surface area contributed by atoms with Crippen LogP contribution in [0.1, 0.15) is 0 Å². The van der Waals surface area contributed by atoms with Crippen molar-refractivity contribution in [2.75, 3.05) is 11.9 Å². The summed E-state index contributed by atoms with van der Waals surface area (Å²) < 4.78 is 3.23. The third-order valence-corrected chi connectivity index (χ3v) is 3.07. The Kier molecular flexibility index (Phi) is 3.61. The van der Waals surface area contributed by atoms with Crippen LogP contribution in [0.2, 0.25) is 0 Å². The van der Waals surface area contributed by atoms with Gasteiger partial charge in [0.15, 0.2) is 0 Å². The number of anilines is 1. The van der Waals surface area contributed by atoms with Crippen LogP contribution in [0.15, 0.2) is 49.3 Å². The van der Waals surface area contributed by atoms with E-state index in [0.717, 1.165) is 11.6 Å². The Balaban J connectivity index is 2.37. The number of nitrogens with one attached hydrogen (secondary N) is 1. The zero-order valence-electron chi connectivity index (χ0n) is 8.73. The van der Waals surface area contributed by atoms with E-state index in [1.807, 2.05) is 29.0 Å². The highest BCUT2D eigenvalue weighted by Crippen LogP contribution is 2.19. The zero-order valence-corrected chi connectivity index (χ0v) is 10.9. The van der Waals surface area contributed by atoms with Gasteiger partial charge in [0.25, 0.3) is 0 Å². The van der Waals surface area contributed by atoms with Crippen molar-refractivity contribution < 1.29 is 0 Å². The maximum atomic E-state index is 4.27. The molecule has 1 aromatic carbocycles. The Morgan fingerprint density at radius 1 is 1.44 bits per heavy atom. The van der Waals surface area contributed by atoms with E-state index in [-0.39, 0.29) is 0 Å². The van der Waals surface area contributed by atoms with Gasteiger partial charge in [-0.25, -0.2) is 4.98 Å². The molecule has 0 aliphatic carbocycles. The van der Waals surface area contributed by atoms with E-state index in [1.165, 1.54) is 3.57 Å². The minimum Gasteiger partial charge on any atom is -0.352 e. The molecular formula is C12H12IN3. The average molecular weight is 325 g/mol. The molecule has 0 saturated heterocycles. The van der Waals surface area contributed by atoms with Gasteiger partial charge in [0.05, 0.1) is 5.69 Å². The van der Waals surface area contributed by atoms with Crippen molar-refractivity contribution in [3.8, 4) is 5.69 Å². The minimum absolute atomic E-state index is 0.709. The SMILES string of the molecule is C=CCNc1nccn1-c1ccccc1I. The summed E-state index contributed by atoms with van der Waals surface area (Å²) in [6.07, 6.45) is 5.55. The van der Waals surface area contributed by atoms with Gasteiger partial charge in [0, 0.05) is 22.5 Å². The van der Waals surface area contributed by atoms with Crippen molar-refractivity contribution in [2.24, 2.45) is 0 Å². The molecule has 1 aromatic heterocycles. The molecule has 0 fully saturated rings. The van der Waals surface area contributed by atoms with Gasteiger partial charge in [-0.15, -0.1) is 6.58 Å². The Morgan fingerprint density at radius 2 is 2.25 bits per heavy atom. The van der Waals surface area contributed by atoms with E-state index >= 15 is 0 Å². The molecule has 2 rings (SSSR count). The lowest BCUT2D eigenvalue weighted by atomic mass is 10.3. The molecule has 0 aliphatic rings. The monoisotopic (exact) mass is 325 g/mol. The number of para-hydroxylation sites is 1. The topological polar surface area (TPSA) is 29.9 Å². The predicted molar refractivity (Wildman–Crippen MR) is 75.0 cm³/mol. The second kappa shape index (κ2) is 5.16. The fourth-order valence-corrected chi connectivity index (χ4v) is 2.09. The Bertz CT molecular complexity index is 491. The van der Waals surface area contributed by atoms with Gasteiger partial charge in [-0.05, 0) is 34.7 Å². The largest absolute Gasteiger partial charge is 0.352 e. The number of hydrogen-bond donors (Lipinski definition) is 1. The second-order valence-corrected chi connectivity index (χ2v) is 4.40. The number of aromatic nitrogens is 2. The van der Waals surface area contributed by atoms with Gasteiger partial charge in [0.2, 0.25) is 5.95 Å². The molecular weight excluding hydrogens is 313 g/mol. The number of imidazole rings is 1. The molecule has 3 nitrogen and oxygen atoms in total. The van der Waals surface area contributed by atoms with Gasteiger partial charge in [-0.3, -0.25) is 4.57 Å². The van der Waals surface area contributed by atoms with Crippen LogP contribution in [0.4, 0.5) is 5.95 Å². The molecule has 1 N–H and O–H groups in total. The molecule has 4 heteroatoms. The summed E-state index contributed by atoms with van der Waals surface area (Å²) in [5, 5.41) is 3.20. The minimum atomic E-state index is 0.709. The lowest BCUT2D eigenvalue weighted by Gasteiger charge is -2.09. The smallest absolute Gasteiger partial charge is 0.207 e. The lowest BCUT2D eigenvalue weighted by Crippen LogP contribution is -2.06. The summed E-state index contributed by atoms with van der Waals surface area (Å²) in [7, 11) is 0. The first-order chi connectivity index (χ1) is 7.83. The van der Waals surface area contributed by atoms with Gasteiger partial charge < -0.3 is 5.32 Å². The highest BCUT2D eigenvalue weighted by molar-refractivity contribution is 14.1. The maximum absolute atomic E-state index is 4.27. The van der Waals surface area contributed by atoms with E-state index in [4.69, 9.17) is 0 Å². The number of benzene rings is 1. The van der Waals surface area contributed by atoms with Crippen molar-refractivity contribution in [2.45, 2.75) is 0 Å². The van der Waals surface area contributed by atoms with Crippen LogP contribution in [-0.4, -0.2) is 16.1 Å². The third kappa shape index (κ3) is 2.27. The number of halogens is 1. The summed E-state index contributed by atoms with van der Waals surface area (Å²) in [5.41, 5.74) is 1.13. The average Bonchev–Trinajstić information content (AvgIpc) is 2.75. The predicted octanol–water partition coefficient (Wildman–Crippen LogP) is 3.07. The molecule has 0 atom stereocenters. The second-order valence-electron chi connectivity index (χ2n) is 3.24. The highest BCUT2D eigenvalue weighted by atomic mass is 127. The van der Waals surface area contributed by atoms with E-state index < -0.39 is 0 Å². The standard InChI is InChI=1S/C12H12IN3/c1-2-7-14-12-15-8-9-16(12)11-6-4-3-5-10(11)13/h2-6,8-9H,1,7H2,(H,14,15). The van der Waals surface area contributed by atoms with Crippen LogP contribution in [0.3, 0.4) is 0 Å². The number of rotatable bonds is 4. The van der Waals surface area contributed by atoms with Crippen LogP contribution < -0.4 is 5.32 Å². The van der Waals surface area contributed by atoms with Gasteiger partial charge in [0.1, 0.15) is 0 Å². The summed E-state index contributed by atoms with van der Waals surface area (Å²) >= 11 is 2.32. The molecule has 0 radical (unpaired) electrons. The highest BCUT2D eigenvalue weighted by Gasteiger charge is 2.05. The van der Waals surface area contributed by atoms with E-state index in [1.54, 1.807) is 6.20 Å². The summed E-state index contributed by atoms with van der Waals surface area (Å²) in [6, 6.07) is 8.20. The lowest BCUT2D eigenvalue weighted by molar-refractivity contribution is 1.03. The molecule has 0 unspecified atom stereocenters. The Labute approximate surface area is 108 Å². The van der Waals surface area contributed by atoms with E-state index in [9.17, 15) is 0 Å². The van der Waals surface area contributed by atoms with Crippen LogP contribution in [0.5, 0.6) is 0 Å². The van der Waals surface area contributed by atoms with Crippen molar-refractivity contribution in [1.29, 1.82) is 0 Å². The van der Waals surface area contributed by atoms with E-state index in [0.29, 0.717) is 6.54 Å². The number of nitrogens with zero attached hydrogens (tertiary/aromatic N) is 2. The quantitative estimate of drug-likeness (QED) is 0.692. The fraction of sp³-hybridized carbons (Fsp3) is 0.0833. The third-order valence-electron chi connectivity index (χ3n) is 2.16. The Hall–Kier alpha value is -1.30. The molecule has 0 amide bonds. The van der Waals surface area contributed by atoms with Gasteiger partial charge in [-0.1, -0.05) is 18.2 Å². The van der Waals surface area contributed by atoms with Crippen molar-refractivity contribution >= 4 is 28.5 Å². The molecule has 16 heavy (non-hydrogen) atoms. The summed E-state index contributed by atoms with van der Waals surface area (Å²) in [4.78, 5) is 4.27. The maximum Gasteiger partial charge on any atom is 0.207 e. The first kappa shape index (κ1) is 11.2. The molecule has 0 aliphatic heterocycles. The summed E-state index contributed by atoms with van der Waals surface area (Å²) in [6.45, 7) is 4.39. The van der Waals surface area contributed by atoms with E-state index in [2.05, 4.69) is 51.6 Å². The fourth-order valence-electron chi connectivity index (χ4n) is 1.44. The van der Waals surface area contributed by atoms with Crippen LogP contribution in [-0.2, 0) is 0 Å². The van der Waals surface area contributed by atoms with Gasteiger partial charge in [-0.2, -0.15) is 0 Å².